The van der Waals surface area contributed by atoms with Gasteiger partial charge in [0.25, 0.3) is 0 Å². The fourth-order valence-corrected chi connectivity index (χ4v) is 2.17. The summed E-state index contributed by atoms with van der Waals surface area (Å²) >= 11 is 0. The molecule has 0 unspecified atom stereocenters. The maximum Gasteiger partial charge on any atom is 0.131 e. The van der Waals surface area contributed by atoms with E-state index in [1.54, 1.807) is 12.1 Å². The van der Waals surface area contributed by atoms with E-state index in [1.807, 2.05) is 19.1 Å². The van der Waals surface area contributed by atoms with Crippen LogP contribution in [-0.4, -0.2) is 0 Å². The van der Waals surface area contributed by atoms with Crippen LogP contribution in [0.25, 0.3) is 0 Å². The summed E-state index contributed by atoms with van der Waals surface area (Å²) in [5.41, 5.74) is 4.10. The maximum absolute atomic E-state index is 8.96. The van der Waals surface area contributed by atoms with Crippen molar-refractivity contribution in [1.82, 2.24) is 0 Å². The largest absolute Gasteiger partial charge is 0.457 e. The standard InChI is InChI=1S/C18H19NO/c1-4-5-15-8-9-17(14(3)10-15)20-18-11-16(12-19)7-6-13(18)2/h6-11H,4-5H2,1-3H3. The number of benzene rings is 2. The summed E-state index contributed by atoms with van der Waals surface area (Å²) in [4.78, 5) is 0. The van der Waals surface area contributed by atoms with E-state index in [0.29, 0.717) is 5.56 Å². The lowest BCUT2D eigenvalue weighted by molar-refractivity contribution is 0.475. The molecule has 0 aliphatic heterocycles. The average molecular weight is 265 g/mol. The van der Waals surface area contributed by atoms with Gasteiger partial charge in [-0.15, -0.1) is 0 Å². The van der Waals surface area contributed by atoms with Crippen LogP contribution in [0.2, 0.25) is 0 Å². The summed E-state index contributed by atoms with van der Waals surface area (Å²) in [5, 5.41) is 8.96. The van der Waals surface area contributed by atoms with Crippen LogP contribution in [0.5, 0.6) is 11.5 Å². The zero-order chi connectivity index (χ0) is 14.5. The van der Waals surface area contributed by atoms with Crippen molar-refractivity contribution >= 4 is 0 Å². The van der Waals surface area contributed by atoms with Crippen LogP contribution < -0.4 is 4.74 Å². The van der Waals surface area contributed by atoms with Crippen LogP contribution in [0.15, 0.2) is 36.4 Å². The third-order valence-corrected chi connectivity index (χ3v) is 3.32. The number of ether oxygens (including phenoxy) is 1. The average Bonchev–Trinajstić information content (AvgIpc) is 2.44. The van der Waals surface area contributed by atoms with E-state index in [4.69, 9.17) is 10.00 Å². The molecule has 0 fully saturated rings. The van der Waals surface area contributed by atoms with Gasteiger partial charge in [-0.1, -0.05) is 31.5 Å². The van der Waals surface area contributed by atoms with Crippen molar-refractivity contribution in [2.75, 3.05) is 0 Å². The fraction of sp³-hybridized carbons (Fsp3) is 0.278. The van der Waals surface area contributed by atoms with Gasteiger partial charge in [0.1, 0.15) is 11.5 Å². The van der Waals surface area contributed by atoms with Gasteiger partial charge in [0.2, 0.25) is 0 Å². The van der Waals surface area contributed by atoms with Gasteiger partial charge in [-0.3, -0.25) is 0 Å². The molecule has 0 amide bonds. The third kappa shape index (κ3) is 3.19. The second-order valence-electron chi connectivity index (χ2n) is 5.04. The molecule has 0 atom stereocenters. The molecule has 0 radical (unpaired) electrons. The number of hydrogen-bond acceptors (Lipinski definition) is 2. The minimum Gasteiger partial charge on any atom is -0.457 e. The minimum atomic E-state index is 0.617. The summed E-state index contributed by atoms with van der Waals surface area (Å²) in [6, 6.07) is 13.9. The summed E-state index contributed by atoms with van der Waals surface area (Å²) in [5.74, 6) is 1.60. The first-order valence-corrected chi connectivity index (χ1v) is 6.92. The van der Waals surface area contributed by atoms with Gasteiger partial charge in [0, 0.05) is 0 Å². The van der Waals surface area contributed by atoms with E-state index in [0.717, 1.165) is 35.5 Å². The van der Waals surface area contributed by atoms with E-state index in [1.165, 1.54) is 5.56 Å². The Labute approximate surface area is 120 Å². The highest BCUT2D eigenvalue weighted by molar-refractivity contribution is 5.46. The van der Waals surface area contributed by atoms with E-state index >= 15 is 0 Å². The van der Waals surface area contributed by atoms with Crippen molar-refractivity contribution in [2.45, 2.75) is 33.6 Å². The molecule has 0 spiro atoms. The molecule has 0 heterocycles. The lowest BCUT2D eigenvalue weighted by Gasteiger charge is -2.12. The van der Waals surface area contributed by atoms with Crippen molar-refractivity contribution in [3.8, 4) is 17.6 Å². The molecule has 2 rings (SSSR count). The van der Waals surface area contributed by atoms with Gasteiger partial charge in [0.15, 0.2) is 0 Å². The first kappa shape index (κ1) is 14.1. The fourth-order valence-electron chi connectivity index (χ4n) is 2.17. The molecule has 2 heteroatoms. The Morgan fingerprint density at radius 3 is 2.45 bits per heavy atom. The number of nitrogens with zero attached hydrogens (tertiary/aromatic N) is 1. The molecule has 0 aromatic heterocycles. The lowest BCUT2D eigenvalue weighted by Crippen LogP contribution is -1.93. The highest BCUT2D eigenvalue weighted by atomic mass is 16.5. The SMILES string of the molecule is CCCc1ccc(Oc2cc(C#N)ccc2C)c(C)c1. The van der Waals surface area contributed by atoms with Crippen molar-refractivity contribution in [2.24, 2.45) is 0 Å². The van der Waals surface area contributed by atoms with Crippen LogP contribution in [0.1, 0.15) is 35.6 Å². The van der Waals surface area contributed by atoms with Crippen molar-refractivity contribution in [1.29, 1.82) is 5.26 Å². The Balaban J connectivity index is 2.28. The molecule has 0 aliphatic carbocycles. The zero-order valence-electron chi connectivity index (χ0n) is 12.2. The van der Waals surface area contributed by atoms with Crippen molar-refractivity contribution < 1.29 is 4.74 Å². The Hall–Kier alpha value is -2.27. The molecule has 0 N–H and O–H groups in total. The van der Waals surface area contributed by atoms with Gasteiger partial charge in [0.05, 0.1) is 11.6 Å². The summed E-state index contributed by atoms with van der Waals surface area (Å²) in [6.45, 7) is 6.21. The Morgan fingerprint density at radius 2 is 1.80 bits per heavy atom. The van der Waals surface area contributed by atoms with Gasteiger partial charge in [-0.2, -0.15) is 5.26 Å². The summed E-state index contributed by atoms with van der Waals surface area (Å²) < 4.78 is 5.96. The molecule has 0 saturated carbocycles. The van der Waals surface area contributed by atoms with Crippen LogP contribution >= 0.6 is 0 Å². The zero-order valence-corrected chi connectivity index (χ0v) is 12.2. The predicted molar refractivity (Wildman–Crippen MR) is 81.1 cm³/mol. The van der Waals surface area contributed by atoms with Crippen LogP contribution in [0, 0.1) is 25.2 Å². The number of nitriles is 1. The molecule has 0 bridgehead atoms. The molecular weight excluding hydrogens is 246 g/mol. The monoisotopic (exact) mass is 265 g/mol. The minimum absolute atomic E-state index is 0.617. The Kier molecular flexibility index (Phi) is 4.42. The second kappa shape index (κ2) is 6.25. The van der Waals surface area contributed by atoms with E-state index in [2.05, 4.69) is 32.0 Å². The Morgan fingerprint density at radius 1 is 1.00 bits per heavy atom. The molecule has 2 nitrogen and oxygen atoms in total. The smallest absolute Gasteiger partial charge is 0.131 e. The second-order valence-corrected chi connectivity index (χ2v) is 5.04. The molecular formula is C18H19NO. The van der Waals surface area contributed by atoms with Crippen molar-refractivity contribution in [3.05, 3.63) is 58.7 Å². The van der Waals surface area contributed by atoms with E-state index < -0.39 is 0 Å². The molecule has 102 valence electrons. The normalized spacial score (nSPS) is 10.1. The predicted octanol–water partition coefficient (Wildman–Crippen LogP) is 4.92. The molecule has 2 aromatic rings. The van der Waals surface area contributed by atoms with Crippen LogP contribution in [0.3, 0.4) is 0 Å². The third-order valence-electron chi connectivity index (χ3n) is 3.32. The molecule has 2 aromatic carbocycles. The van der Waals surface area contributed by atoms with Gasteiger partial charge >= 0.3 is 0 Å². The van der Waals surface area contributed by atoms with Gasteiger partial charge < -0.3 is 4.74 Å². The van der Waals surface area contributed by atoms with E-state index in [-0.39, 0.29) is 0 Å². The van der Waals surface area contributed by atoms with Gasteiger partial charge in [-0.25, -0.2) is 0 Å². The first-order valence-electron chi connectivity index (χ1n) is 6.92. The topological polar surface area (TPSA) is 33.0 Å². The van der Waals surface area contributed by atoms with E-state index in [9.17, 15) is 0 Å². The summed E-state index contributed by atoms with van der Waals surface area (Å²) in [7, 11) is 0. The molecule has 0 aliphatic rings. The number of rotatable bonds is 4. The van der Waals surface area contributed by atoms with Crippen LogP contribution in [-0.2, 0) is 6.42 Å². The van der Waals surface area contributed by atoms with Gasteiger partial charge in [-0.05, 0) is 55.2 Å². The molecule has 20 heavy (non-hydrogen) atoms. The summed E-state index contributed by atoms with van der Waals surface area (Å²) in [6.07, 6.45) is 2.23. The highest BCUT2D eigenvalue weighted by Crippen LogP contribution is 2.29. The molecule has 0 saturated heterocycles. The van der Waals surface area contributed by atoms with Crippen LogP contribution in [0.4, 0.5) is 0 Å². The quantitative estimate of drug-likeness (QED) is 0.786. The maximum atomic E-state index is 8.96. The van der Waals surface area contributed by atoms with Crippen molar-refractivity contribution in [3.63, 3.8) is 0 Å². The Bertz CT molecular complexity index is 653. The lowest BCUT2D eigenvalue weighted by atomic mass is 10.1. The first-order chi connectivity index (χ1) is 9.63. The number of aryl methyl sites for hydroxylation is 3. The number of hydrogen-bond donors (Lipinski definition) is 0. The highest BCUT2D eigenvalue weighted by Gasteiger charge is 2.06.